The van der Waals surface area contributed by atoms with Crippen LogP contribution in [-0.2, 0) is 14.3 Å². The van der Waals surface area contributed by atoms with Gasteiger partial charge in [-0.2, -0.15) is 0 Å². The fraction of sp³-hybridized carbons (Fsp3) is 0.812. The molecule has 0 aliphatic rings. The lowest BCUT2D eigenvalue weighted by Crippen LogP contribution is -2.08. The van der Waals surface area contributed by atoms with Gasteiger partial charge in [0.1, 0.15) is 0 Å². The molecule has 0 N–H and O–H groups in total. The first-order valence-corrected chi connectivity index (χ1v) is 7.49. The van der Waals surface area contributed by atoms with Crippen molar-refractivity contribution in [3.05, 3.63) is 12.2 Å². The molecule has 0 aromatic heterocycles. The van der Waals surface area contributed by atoms with Gasteiger partial charge >= 0.3 is 5.97 Å². The maximum absolute atomic E-state index is 10.9. The summed E-state index contributed by atoms with van der Waals surface area (Å²) in [6.45, 7) is 2.23. The topological polar surface area (TPSA) is 35.5 Å². The van der Waals surface area contributed by atoms with Crippen molar-refractivity contribution in [2.45, 2.75) is 70.8 Å². The number of hydrogen-bond acceptors (Lipinski definition) is 3. The summed E-state index contributed by atoms with van der Waals surface area (Å²) in [7, 11) is 3.20. The zero-order valence-electron chi connectivity index (χ0n) is 12.8. The minimum atomic E-state index is -0.149. The average molecular weight is 270 g/mol. The number of carbonyl (C=O) groups excluding carboxylic acids is 1. The van der Waals surface area contributed by atoms with Crippen LogP contribution in [0.25, 0.3) is 0 Å². The van der Waals surface area contributed by atoms with Crippen molar-refractivity contribution in [1.29, 1.82) is 0 Å². The highest BCUT2D eigenvalue weighted by atomic mass is 16.5. The molecule has 0 bridgehead atoms. The molecule has 0 aliphatic carbocycles. The number of methoxy groups -OCH3 is 2. The predicted molar refractivity (Wildman–Crippen MR) is 79.2 cm³/mol. The van der Waals surface area contributed by atoms with E-state index in [-0.39, 0.29) is 5.97 Å². The van der Waals surface area contributed by atoms with Crippen LogP contribution in [0.3, 0.4) is 0 Å². The lowest BCUT2D eigenvalue weighted by molar-refractivity contribution is -0.140. The first-order chi connectivity index (χ1) is 9.24. The summed E-state index contributed by atoms with van der Waals surface area (Å²) in [5, 5.41) is 0. The molecular weight excluding hydrogens is 240 g/mol. The molecule has 0 heterocycles. The second-order valence-electron chi connectivity index (χ2n) is 4.88. The molecule has 0 radical (unpaired) electrons. The second-order valence-corrected chi connectivity index (χ2v) is 4.88. The third-order valence-electron chi connectivity index (χ3n) is 3.27. The zero-order chi connectivity index (χ0) is 14.3. The maximum Gasteiger partial charge on any atom is 0.305 e. The fourth-order valence-electron chi connectivity index (χ4n) is 1.98. The molecule has 3 nitrogen and oxygen atoms in total. The van der Waals surface area contributed by atoms with Crippen LogP contribution in [0.4, 0.5) is 0 Å². The number of unbranched alkanes of at least 4 members (excludes halogenated alkanes) is 4. The van der Waals surface area contributed by atoms with Gasteiger partial charge in [-0.25, -0.2) is 0 Å². The van der Waals surface area contributed by atoms with Gasteiger partial charge in [-0.05, 0) is 19.3 Å². The van der Waals surface area contributed by atoms with E-state index in [1.807, 2.05) is 6.08 Å². The first-order valence-electron chi connectivity index (χ1n) is 7.49. The molecule has 112 valence electrons. The number of esters is 1. The highest BCUT2D eigenvalue weighted by Crippen LogP contribution is 2.12. The molecule has 0 aliphatic heterocycles. The quantitative estimate of drug-likeness (QED) is 0.302. The number of carbonyl (C=O) groups is 1. The summed E-state index contributed by atoms with van der Waals surface area (Å²) in [5.41, 5.74) is 0. The molecule has 0 fully saturated rings. The van der Waals surface area contributed by atoms with E-state index >= 15 is 0 Å². The van der Waals surface area contributed by atoms with E-state index in [1.165, 1.54) is 39.2 Å². The molecule has 0 saturated heterocycles. The minimum absolute atomic E-state index is 0.149. The van der Waals surface area contributed by atoms with Crippen molar-refractivity contribution in [3.63, 3.8) is 0 Å². The summed E-state index contributed by atoms with van der Waals surface area (Å²) in [4.78, 5) is 10.9. The van der Waals surface area contributed by atoms with E-state index < -0.39 is 0 Å². The average Bonchev–Trinajstić information content (AvgIpc) is 2.44. The largest absolute Gasteiger partial charge is 0.469 e. The van der Waals surface area contributed by atoms with E-state index in [1.54, 1.807) is 7.11 Å². The minimum Gasteiger partial charge on any atom is -0.469 e. The number of hydrogen-bond donors (Lipinski definition) is 0. The van der Waals surface area contributed by atoms with Gasteiger partial charge in [0.2, 0.25) is 0 Å². The summed E-state index contributed by atoms with van der Waals surface area (Å²) >= 11 is 0. The molecule has 0 aromatic carbocycles. The van der Waals surface area contributed by atoms with Crippen LogP contribution in [0.2, 0.25) is 0 Å². The van der Waals surface area contributed by atoms with E-state index in [9.17, 15) is 4.79 Å². The molecule has 0 rings (SSSR count). The highest BCUT2D eigenvalue weighted by molar-refractivity contribution is 5.69. The Kier molecular flexibility index (Phi) is 13.0. The van der Waals surface area contributed by atoms with Crippen LogP contribution in [0.15, 0.2) is 12.2 Å². The Morgan fingerprint density at radius 2 is 1.84 bits per heavy atom. The lowest BCUT2D eigenvalue weighted by atomic mass is 10.1. The van der Waals surface area contributed by atoms with Gasteiger partial charge in [0.25, 0.3) is 0 Å². The normalized spacial score (nSPS) is 12.8. The van der Waals surface area contributed by atoms with Crippen LogP contribution in [0, 0.1) is 0 Å². The van der Waals surface area contributed by atoms with Crippen LogP contribution in [0.1, 0.15) is 64.7 Å². The summed E-state index contributed by atoms with van der Waals surface area (Å²) < 4.78 is 10.0. The Morgan fingerprint density at radius 3 is 2.47 bits per heavy atom. The van der Waals surface area contributed by atoms with Gasteiger partial charge in [-0.3, -0.25) is 4.79 Å². The standard InChI is InChI=1S/C16H30O3/c1-4-5-6-7-9-12-15(18-2)13-10-8-11-14-16(17)19-3/h8,10,15H,4-7,9,11-14H2,1-3H3. The number of ether oxygens (including phenoxy) is 2. The molecule has 0 aromatic rings. The zero-order valence-corrected chi connectivity index (χ0v) is 12.8. The molecule has 3 heteroatoms. The van der Waals surface area contributed by atoms with Crippen LogP contribution < -0.4 is 0 Å². The van der Waals surface area contributed by atoms with Crippen LogP contribution >= 0.6 is 0 Å². The molecular formula is C16H30O3. The summed E-state index contributed by atoms with van der Waals surface area (Å²) in [5.74, 6) is -0.149. The van der Waals surface area contributed by atoms with Crippen LogP contribution in [0.5, 0.6) is 0 Å². The Labute approximate surface area is 118 Å². The van der Waals surface area contributed by atoms with Gasteiger partial charge in [0, 0.05) is 13.5 Å². The molecule has 1 unspecified atom stereocenters. The highest BCUT2D eigenvalue weighted by Gasteiger charge is 2.04. The predicted octanol–water partition coefficient (Wildman–Crippen LogP) is 4.26. The Morgan fingerprint density at radius 1 is 1.11 bits per heavy atom. The third kappa shape index (κ3) is 12.0. The molecule has 1 atom stereocenters. The van der Waals surface area contributed by atoms with Crippen molar-refractivity contribution in [3.8, 4) is 0 Å². The van der Waals surface area contributed by atoms with Gasteiger partial charge in [-0.1, -0.05) is 51.2 Å². The Hall–Kier alpha value is -0.830. The smallest absolute Gasteiger partial charge is 0.305 e. The monoisotopic (exact) mass is 270 g/mol. The fourth-order valence-corrected chi connectivity index (χ4v) is 1.98. The van der Waals surface area contributed by atoms with Crippen molar-refractivity contribution in [2.24, 2.45) is 0 Å². The van der Waals surface area contributed by atoms with Gasteiger partial charge < -0.3 is 9.47 Å². The SMILES string of the molecule is CCCCCCCC(CC=CCCC(=O)OC)OC. The Balaban J connectivity index is 3.57. The van der Waals surface area contributed by atoms with Gasteiger partial charge in [0.15, 0.2) is 0 Å². The van der Waals surface area contributed by atoms with Crippen LogP contribution in [-0.4, -0.2) is 26.3 Å². The Bertz CT molecular complexity index is 236. The number of allylic oxidation sites excluding steroid dienone is 1. The molecule has 0 amide bonds. The van der Waals surface area contributed by atoms with E-state index in [2.05, 4.69) is 17.7 Å². The summed E-state index contributed by atoms with van der Waals surface area (Å²) in [6, 6.07) is 0. The lowest BCUT2D eigenvalue weighted by Gasteiger charge is -2.12. The van der Waals surface area contributed by atoms with Crippen molar-refractivity contribution < 1.29 is 14.3 Å². The van der Waals surface area contributed by atoms with Gasteiger partial charge in [-0.15, -0.1) is 0 Å². The van der Waals surface area contributed by atoms with Gasteiger partial charge in [0.05, 0.1) is 13.2 Å². The maximum atomic E-state index is 10.9. The summed E-state index contributed by atoms with van der Waals surface area (Å²) in [6.07, 6.45) is 14.3. The second kappa shape index (κ2) is 13.6. The van der Waals surface area contributed by atoms with Crippen molar-refractivity contribution in [1.82, 2.24) is 0 Å². The van der Waals surface area contributed by atoms with Crippen molar-refractivity contribution in [2.75, 3.05) is 14.2 Å². The van der Waals surface area contributed by atoms with E-state index in [0.29, 0.717) is 12.5 Å². The van der Waals surface area contributed by atoms with Crippen molar-refractivity contribution >= 4 is 5.97 Å². The third-order valence-corrected chi connectivity index (χ3v) is 3.27. The molecule has 19 heavy (non-hydrogen) atoms. The molecule has 0 spiro atoms. The molecule has 0 saturated carbocycles. The first kappa shape index (κ1) is 18.2. The van der Waals surface area contributed by atoms with E-state index in [4.69, 9.17) is 4.74 Å². The number of rotatable bonds is 12. The van der Waals surface area contributed by atoms with E-state index in [0.717, 1.165) is 19.3 Å².